The van der Waals surface area contributed by atoms with Crippen molar-refractivity contribution in [3.63, 3.8) is 0 Å². The lowest BCUT2D eigenvalue weighted by Crippen LogP contribution is -2.29. The third-order valence-electron chi connectivity index (χ3n) is 4.14. The largest absolute Gasteiger partial charge is 0.459 e. The van der Waals surface area contributed by atoms with Crippen molar-refractivity contribution >= 4 is 11.9 Å². The van der Waals surface area contributed by atoms with Crippen molar-refractivity contribution in [2.75, 3.05) is 0 Å². The number of carbonyl (C=O) groups is 2. The maximum atomic E-state index is 12.2. The normalized spacial score (nSPS) is 21.1. The lowest BCUT2D eigenvalue weighted by Gasteiger charge is -2.26. The number of aryl methyl sites for hydroxylation is 1. The van der Waals surface area contributed by atoms with Gasteiger partial charge in [-0.3, -0.25) is 4.79 Å². The van der Waals surface area contributed by atoms with Gasteiger partial charge in [-0.1, -0.05) is 25.1 Å². The first-order chi connectivity index (χ1) is 11.1. The fourth-order valence-electron chi connectivity index (χ4n) is 2.75. The van der Waals surface area contributed by atoms with Gasteiger partial charge in [0.05, 0.1) is 5.92 Å². The maximum Gasteiger partial charge on any atom is 0.330 e. The second-order valence-corrected chi connectivity index (χ2v) is 5.83. The van der Waals surface area contributed by atoms with Gasteiger partial charge < -0.3 is 9.47 Å². The highest BCUT2D eigenvalue weighted by Crippen LogP contribution is 2.28. The average molecular weight is 316 g/mol. The number of hydrogen-bond donors (Lipinski definition) is 0. The number of allylic oxidation sites excluding steroid dienone is 1. The van der Waals surface area contributed by atoms with Gasteiger partial charge in [-0.15, -0.1) is 0 Å². The molecule has 0 bridgehead atoms. The minimum Gasteiger partial charge on any atom is -0.459 e. The van der Waals surface area contributed by atoms with Crippen LogP contribution in [0.5, 0.6) is 5.75 Å². The molecule has 0 heterocycles. The van der Waals surface area contributed by atoms with Crippen LogP contribution in [0.2, 0.25) is 0 Å². The van der Waals surface area contributed by atoms with Crippen molar-refractivity contribution in [3.05, 3.63) is 42.0 Å². The first kappa shape index (κ1) is 17.3. The highest BCUT2D eigenvalue weighted by molar-refractivity contribution is 5.82. The molecule has 4 heteroatoms. The Morgan fingerprint density at radius 3 is 2.35 bits per heavy atom. The van der Waals surface area contributed by atoms with Gasteiger partial charge in [-0.2, -0.15) is 0 Å². The first-order valence-corrected chi connectivity index (χ1v) is 8.26. The summed E-state index contributed by atoms with van der Waals surface area (Å²) in [5.41, 5.74) is 1.22. The SMILES string of the molecule is CC=CC(=O)O[C@H]1CC[C@H](C(=O)Oc2ccc(CC)cc2)CC1. The fraction of sp³-hybridized carbons (Fsp3) is 0.474. The van der Waals surface area contributed by atoms with Crippen LogP contribution in [-0.2, 0) is 20.7 Å². The smallest absolute Gasteiger partial charge is 0.330 e. The quantitative estimate of drug-likeness (QED) is 0.470. The lowest BCUT2D eigenvalue weighted by molar-refractivity contribution is -0.147. The molecule has 0 saturated heterocycles. The Hall–Kier alpha value is -2.10. The molecule has 23 heavy (non-hydrogen) atoms. The van der Waals surface area contributed by atoms with Gasteiger partial charge >= 0.3 is 11.9 Å². The molecule has 1 aliphatic carbocycles. The minimum absolute atomic E-state index is 0.0911. The minimum atomic E-state index is -0.311. The van der Waals surface area contributed by atoms with E-state index in [0.717, 1.165) is 6.42 Å². The summed E-state index contributed by atoms with van der Waals surface area (Å²) in [6, 6.07) is 7.61. The summed E-state index contributed by atoms with van der Waals surface area (Å²) in [5.74, 6) is -0.0200. The maximum absolute atomic E-state index is 12.2. The molecule has 0 amide bonds. The summed E-state index contributed by atoms with van der Waals surface area (Å²) < 4.78 is 10.8. The van der Waals surface area contributed by atoms with Crippen molar-refractivity contribution in [2.24, 2.45) is 5.92 Å². The van der Waals surface area contributed by atoms with Crippen LogP contribution in [0.4, 0.5) is 0 Å². The summed E-state index contributed by atoms with van der Waals surface area (Å²) in [5, 5.41) is 0. The Morgan fingerprint density at radius 2 is 1.78 bits per heavy atom. The van der Waals surface area contributed by atoms with Crippen molar-refractivity contribution in [1.29, 1.82) is 0 Å². The molecule has 4 nitrogen and oxygen atoms in total. The van der Waals surface area contributed by atoms with Crippen molar-refractivity contribution in [1.82, 2.24) is 0 Å². The third-order valence-corrected chi connectivity index (χ3v) is 4.14. The molecule has 0 unspecified atom stereocenters. The second kappa shape index (κ2) is 8.51. The van der Waals surface area contributed by atoms with Crippen LogP contribution in [0.1, 0.15) is 45.1 Å². The number of ether oxygens (including phenoxy) is 2. The zero-order valence-electron chi connectivity index (χ0n) is 13.8. The number of esters is 2. The van der Waals surface area contributed by atoms with Crippen molar-refractivity contribution in [3.8, 4) is 5.75 Å². The molecule has 0 N–H and O–H groups in total. The molecule has 0 radical (unpaired) electrons. The van der Waals surface area contributed by atoms with Gasteiger partial charge in [0.25, 0.3) is 0 Å². The van der Waals surface area contributed by atoms with Gasteiger partial charge in [0.15, 0.2) is 0 Å². The second-order valence-electron chi connectivity index (χ2n) is 5.83. The van der Waals surface area contributed by atoms with Crippen LogP contribution in [0.15, 0.2) is 36.4 Å². The molecule has 0 atom stereocenters. The third kappa shape index (κ3) is 5.23. The van der Waals surface area contributed by atoms with Crippen LogP contribution >= 0.6 is 0 Å². The van der Waals surface area contributed by atoms with Crippen molar-refractivity contribution < 1.29 is 19.1 Å². The number of hydrogen-bond acceptors (Lipinski definition) is 4. The van der Waals surface area contributed by atoms with Crippen LogP contribution in [0.3, 0.4) is 0 Å². The molecule has 2 rings (SSSR count). The van der Waals surface area contributed by atoms with E-state index in [-0.39, 0.29) is 24.0 Å². The Balaban J connectivity index is 1.79. The standard InChI is InChI=1S/C19H24O4/c1-3-5-18(20)22-16-12-8-15(9-13-16)19(21)23-17-10-6-14(4-2)7-11-17/h3,5-7,10-11,15-16H,4,8-9,12-13H2,1-2H3/t15-,16-. The van der Waals surface area contributed by atoms with Gasteiger partial charge in [-0.05, 0) is 56.7 Å². The number of benzene rings is 1. The van der Waals surface area contributed by atoms with Crippen LogP contribution in [0.25, 0.3) is 0 Å². The summed E-state index contributed by atoms with van der Waals surface area (Å²) in [6.07, 6.45) is 6.75. The zero-order valence-corrected chi connectivity index (χ0v) is 13.8. The molecule has 1 aliphatic rings. The van der Waals surface area contributed by atoms with Crippen LogP contribution in [0, 0.1) is 5.92 Å². The molecule has 124 valence electrons. The number of carbonyl (C=O) groups excluding carboxylic acids is 2. The van der Waals surface area contributed by atoms with Crippen LogP contribution < -0.4 is 4.74 Å². The van der Waals surface area contributed by atoms with Gasteiger partial charge in [-0.25, -0.2) is 4.79 Å². The molecule has 1 aromatic carbocycles. The monoisotopic (exact) mass is 316 g/mol. The summed E-state index contributed by atoms with van der Waals surface area (Å²) in [6.45, 7) is 3.86. The lowest BCUT2D eigenvalue weighted by atomic mass is 9.87. The highest BCUT2D eigenvalue weighted by Gasteiger charge is 2.29. The Kier molecular flexibility index (Phi) is 6.39. The van der Waals surface area contributed by atoms with E-state index in [1.54, 1.807) is 13.0 Å². The van der Waals surface area contributed by atoms with E-state index in [2.05, 4.69) is 6.92 Å². The Labute approximate surface area is 137 Å². The van der Waals surface area contributed by atoms with E-state index in [0.29, 0.717) is 31.4 Å². The molecular weight excluding hydrogens is 292 g/mol. The molecule has 0 aromatic heterocycles. The van der Waals surface area contributed by atoms with Gasteiger partial charge in [0.2, 0.25) is 0 Å². The summed E-state index contributed by atoms with van der Waals surface area (Å²) in [4.78, 5) is 23.6. The van der Waals surface area contributed by atoms with E-state index in [1.807, 2.05) is 24.3 Å². The molecule has 0 spiro atoms. The Bertz CT molecular complexity index is 551. The Morgan fingerprint density at radius 1 is 1.13 bits per heavy atom. The summed E-state index contributed by atoms with van der Waals surface area (Å²) >= 11 is 0. The predicted molar refractivity (Wildman–Crippen MR) is 88.1 cm³/mol. The highest BCUT2D eigenvalue weighted by atomic mass is 16.5. The van der Waals surface area contributed by atoms with Gasteiger partial charge in [0, 0.05) is 6.08 Å². The van der Waals surface area contributed by atoms with E-state index >= 15 is 0 Å². The number of rotatable bonds is 5. The average Bonchev–Trinajstić information content (AvgIpc) is 2.56. The van der Waals surface area contributed by atoms with Crippen LogP contribution in [-0.4, -0.2) is 18.0 Å². The van der Waals surface area contributed by atoms with E-state index < -0.39 is 0 Å². The molecule has 1 aromatic rings. The summed E-state index contributed by atoms with van der Waals surface area (Å²) in [7, 11) is 0. The van der Waals surface area contributed by atoms with Crippen molar-refractivity contribution in [2.45, 2.75) is 52.1 Å². The zero-order chi connectivity index (χ0) is 16.7. The van der Waals surface area contributed by atoms with E-state index in [9.17, 15) is 9.59 Å². The van der Waals surface area contributed by atoms with E-state index in [4.69, 9.17) is 9.47 Å². The molecule has 1 saturated carbocycles. The predicted octanol–water partition coefficient (Wildman–Crippen LogP) is 3.83. The first-order valence-electron chi connectivity index (χ1n) is 8.26. The van der Waals surface area contributed by atoms with Gasteiger partial charge in [0.1, 0.15) is 11.9 Å². The van der Waals surface area contributed by atoms with E-state index in [1.165, 1.54) is 11.6 Å². The molecule has 1 fully saturated rings. The topological polar surface area (TPSA) is 52.6 Å². The molecule has 0 aliphatic heterocycles. The fourth-order valence-corrected chi connectivity index (χ4v) is 2.75. The molecular formula is C19H24O4.